The summed E-state index contributed by atoms with van der Waals surface area (Å²) in [6, 6.07) is 1.32. The minimum absolute atomic E-state index is 0.750. The van der Waals surface area contributed by atoms with Crippen molar-refractivity contribution >= 4 is 8.32 Å². The average Bonchev–Trinajstić information content (AvgIpc) is 2.31. The molecule has 0 aliphatic rings. The number of nitrogens with two attached hydrogens (primary N) is 1. The van der Waals surface area contributed by atoms with Crippen molar-refractivity contribution in [2.75, 3.05) is 26.2 Å². The van der Waals surface area contributed by atoms with Crippen molar-refractivity contribution < 1.29 is 4.43 Å². The summed E-state index contributed by atoms with van der Waals surface area (Å²) in [4.78, 5) is 0. The SMILES string of the molecule is CCO[Si](C)(C)CCCCCCCCNCCN. The normalized spacial score (nSPS) is 12.0. The Morgan fingerprint density at radius 1 is 0.944 bits per heavy atom. The third-order valence-electron chi connectivity index (χ3n) is 3.24. The van der Waals surface area contributed by atoms with E-state index in [2.05, 4.69) is 25.3 Å². The van der Waals surface area contributed by atoms with E-state index < -0.39 is 8.32 Å². The van der Waals surface area contributed by atoms with Gasteiger partial charge in [-0.25, -0.2) is 0 Å². The van der Waals surface area contributed by atoms with E-state index >= 15 is 0 Å². The molecule has 4 heteroatoms. The Balaban J connectivity index is 3.16. The van der Waals surface area contributed by atoms with Crippen molar-refractivity contribution in [1.82, 2.24) is 5.32 Å². The Morgan fingerprint density at radius 2 is 1.56 bits per heavy atom. The molecule has 3 N–H and O–H groups in total. The molecule has 18 heavy (non-hydrogen) atoms. The maximum atomic E-state index is 5.83. The van der Waals surface area contributed by atoms with Gasteiger partial charge in [-0.1, -0.05) is 32.1 Å². The molecule has 0 spiro atoms. The molecule has 0 saturated heterocycles. The predicted octanol–water partition coefficient (Wildman–Crippen LogP) is 3.12. The van der Waals surface area contributed by atoms with Crippen molar-refractivity contribution in [3.63, 3.8) is 0 Å². The van der Waals surface area contributed by atoms with Gasteiger partial charge in [0.2, 0.25) is 0 Å². The molecule has 0 unspecified atom stereocenters. The fraction of sp³-hybridized carbons (Fsp3) is 1.00. The zero-order valence-corrected chi connectivity index (χ0v) is 13.8. The first-order valence-corrected chi connectivity index (χ1v) is 10.8. The molecule has 0 amide bonds. The Hall–Kier alpha value is 0.0969. The molecule has 0 aliphatic heterocycles. The Bertz CT molecular complexity index is 177. The second-order valence-electron chi connectivity index (χ2n) is 5.60. The van der Waals surface area contributed by atoms with Gasteiger partial charge >= 0.3 is 0 Å². The minimum Gasteiger partial charge on any atom is -0.418 e. The molecule has 0 heterocycles. The van der Waals surface area contributed by atoms with Crippen LogP contribution in [0, 0.1) is 0 Å². The predicted molar refractivity (Wildman–Crippen MR) is 83.5 cm³/mol. The highest BCUT2D eigenvalue weighted by Crippen LogP contribution is 2.17. The van der Waals surface area contributed by atoms with Gasteiger partial charge in [0, 0.05) is 19.7 Å². The molecule has 3 nitrogen and oxygen atoms in total. The molecule has 0 saturated carbocycles. The van der Waals surface area contributed by atoms with E-state index in [1.165, 1.54) is 44.6 Å². The maximum Gasteiger partial charge on any atom is 0.186 e. The topological polar surface area (TPSA) is 47.3 Å². The quantitative estimate of drug-likeness (QED) is 0.401. The number of hydrogen-bond donors (Lipinski definition) is 2. The molecule has 0 aromatic carbocycles. The van der Waals surface area contributed by atoms with Crippen molar-refractivity contribution in [2.45, 2.75) is 64.6 Å². The van der Waals surface area contributed by atoms with Gasteiger partial charge in [-0.15, -0.1) is 0 Å². The van der Waals surface area contributed by atoms with Crippen LogP contribution in [-0.4, -0.2) is 34.6 Å². The highest BCUT2D eigenvalue weighted by atomic mass is 28.4. The van der Waals surface area contributed by atoms with Gasteiger partial charge in [-0.2, -0.15) is 0 Å². The largest absolute Gasteiger partial charge is 0.418 e. The van der Waals surface area contributed by atoms with Crippen LogP contribution in [0.3, 0.4) is 0 Å². The highest BCUT2D eigenvalue weighted by molar-refractivity contribution is 6.71. The Morgan fingerprint density at radius 3 is 2.17 bits per heavy atom. The van der Waals surface area contributed by atoms with Crippen molar-refractivity contribution in [2.24, 2.45) is 5.73 Å². The highest BCUT2D eigenvalue weighted by Gasteiger charge is 2.20. The lowest BCUT2D eigenvalue weighted by Gasteiger charge is -2.21. The van der Waals surface area contributed by atoms with E-state index in [1.807, 2.05) is 0 Å². The average molecular weight is 275 g/mol. The van der Waals surface area contributed by atoms with Crippen molar-refractivity contribution in [3.05, 3.63) is 0 Å². The summed E-state index contributed by atoms with van der Waals surface area (Å²) in [7, 11) is -1.32. The lowest BCUT2D eigenvalue weighted by molar-refractivity contribution is 0.327. The number of hydrogen-bond acceptors (Lipinski definition) is 3. The second-order valence-corrected chi connectivity index (χ2v) is 9.91. The fourth-order valence-electron chi connectivity index (χ4n) is 2.20. The molecular formula is C14H34N2OSi. The Labute approximate surface area is 115 Å². The van der Waals surface area contributed by atoms with Crippen molar-refractivity contribution in [1.29, 1.82) is 0 Å². The summed E-state index contributed by atoms with van der Waals surface area (Å²) in [5.41, 5.74) is 5.41. The Kier molecular flexibility index (Phi) is 12.2. The zero-order valence-electron chi connectivity index (χ0n) is 12.8. The molecule has 0 radical (unpaired) electrons. The smallest absolute Gasteiger partial charge is 0.186 e. The monoisotopic (exact) mass is 274 g/mol. The van der Waals surface area contributed by atoms with Crippen LogP contribution in [-0.2, 0) is 4.43 Å². The summed E-state index contributed by atoms with van der Waals surface area (Å²) >= 11 is 0. The van der Waals surface area contributed by atoms with Crippen LogP contribution < -0.4 is 11.1 Å². The molecule has 0 bridgehead atoms. The van der Waals surface area contributed by atoms with Gasteiger partial charge in [0.25, 0.3) is 0 Å². The third kappa shape index (κ3) is 12.6. The lowest BCUT2D eigenvalue weighted by Crippen LogP contribution is -2.29. The van der Waals surface area contributed by atoms with E-state index in [4.69, 9.17) is 10.2 Å². The summed E-state index contributed by atoms with van der Waals surface area (Å²) in [5.74, 6) is 0. The molecule has 0 rings (SSSR count). The van der Waals surface area contributed by atoms with Gasteiger partial charge in [-0.3, -0.25) is 0 Å². The second kappa shape index (κ2) is 12.1. The van der Waals surface area contributed by atoms with Crippen LogP contribution >= 0.6 is 0 Å². The van der Waals surface area contributed by atoms with Gasteiger partial charge in [0.05, 0.1) is 0 Å². The number of unbranched alkanes of at least 4 members (excludes halogenated alkanes) is 5. The van der Waals surface area contributed by atoms with Crippen LogP contribution in [0.25, 0.3) is 0 Å². The molecule has 0 aliphatic carbocycles. The lowest BCUT2D eigenvalue weighted by atomic mass is 10.1. The number of nitrogens with one attached hydrogen (secondary N) is 1. The third-order valence-corrected chi connectivity index (χ3v) is 5.87. The van der Waals surface area contributed by atoms with E-state index in [9.17, 15) is 0 Å². The first-order chi connectivity index (χ1) is 8.62. The summed E-state index contributed by atoms with van der Waals surface area (Å²) in [6.45, 7) is 10.5. The molecule has 110 valence electrons. The van der Waals surface area contributed by atoms with Crippen molar-refractivity contribution in [3.8, 4) is 0 Å². The fourth-order valence-corrected chi connectivity index (χ4v) is 4.23. The minimum atomic E-state index is -1.32. The number of rotatable bonds is 13. The van der Waals surface area contributed by atoms with Crippen LogP contribution in [0.1, 0.15) is 45.4 Å². The summed E-state index contributed by atoms with van der Waals surface area (Å²) in [5, 5.41) is 3.34. The van der Waals surface area contributed by atoms with Crippen LogP contribution in [0.5, 0.6) is 0 Å². The van der Waals surface area contributed by atoms with Gasteiger partial charge in [-0.05, 0) is 39.0 Å². The zero-order chi connectivity index (χ0) is 13.7. The van der Waals surface area contributed by atoms with Crippen LogP contribution in [0.4, 0.5) is 0 Å². The van der Waals surface area contributed by atoms with E-state index in [-0.39, 0.29) is 0 Å². The van der Waals surface area contributed by atoms with E-state index in [0.717, 1.165) is 26.2 Å². The van der Waals surface area contributed by atoms with Gasteiger partial charge in [0.15, 0.2) is 8.32 Å². The van der Waals surface area contributed by atoms with Crippen LogP contribution in [0.15, 0.2) is 0 Å². The van der Waals surface area contributed by atoms with Gasteiger partial charge < -0.3 is 15.5 Å². The molecular weight excluding hydrogens is 240 g/mol. The van der Waals surface area contributed by atoms with E-state index in [1.54, 1.807) is 0 Å². The standard InChI is InChI=1S/C14H34N2OSi/c1-4-17-18(2,3)14-10-8-6-5-7-9-12-16-13-11-15/h16H,4-15H2,1-3H3. The summed E-state index contributed by atoms with van der Waals surface area (Å²) < 4.78 is 5.83. The maximum absolute atomic E-state index is 5.83. The van der Waals surface area contributed by atoms with E-state index in [0.29, 0.717) is 0 Å². The first-order valence-electron chi connectivity index (χ1n) is 7.67. The molecule has 0 atom stereocenters. The molecule has 0 aromatic heterocycles. The van der Waals surface area contributed by atoms with Crippen LogP contribution in [0.2, 0.25) is 19.1 Å². The molecule has 0 aromatic rings. The first kappa shape index (κ1) is 18.1. The molecule has 0 fully saturated rings. The summed E-state index contributed by atoms with van der Waals surface area (Å²) in [6.07, 6.45) is 8.13. The van der Waals surface area contributed by atoms with Gasteiger partial charge in [0.1, 0.15) is 0 Å².